The minimum absolute atomic E-state index is 0.426. The highest BCUT2D eigenvalue weighted by molar-refractivity contribution is 9.10. The minimum atomic E-state index is 0.426. The number of ether oxygens (including phenoxy) is 1. The first-order chi connectivity index (χ1) is 9.15. The number of hydrogen-bond donors (Lipinski definition) is 1. The van der Waals surface area contributed by atoms with Crippen LogP contribution in [0.15, 0.2) is 4.47 Å². The number of halogens is 1. The van der Waals surface area contributed by atoms with Gasteiger partial charge in [-0.1, -0.05) is 0 Å². The molecule has 4 nitrogen and oxygen atoms in total. The van der Waals surface area contributed by atoms with E-state index in [1.54, 1.807) is 0 Å². The van der Waals surface area contributed by atoms with Crippen molar-refractivity contribution in [2.75, 3.05) is 13.7 Å². The smallest absolute Gasteiger partial charge is 0.0738 e. The molecule has 1 N–H and O–H groups in total. The van der Waals surface area contributed by atoms with Crippen LogP contribution in [0.5, 0.6) is 0 Å². The molecule has 0 aliphatic carbocycles. The fraction of sp³-hybridized carbons (Fsp3) is 0.786. The molecule has 1 saturated heterocycles. The van der Waals surface area contributed by atoms with Gasteiger partial charge in [0, 0.05) is 25.6 Å². The van der Waals surface area contributed by atoms with Gasteiger partial charge in [-0.05, 0) is 56.1 Å². The van der Waals surface area contributed by atoms with Gasteiger partial charge in [-0.25, -0.2) is 0 Å². The summed E-state index contributed by atoms with van der Waals surface area (Å²) in [7, 11) is 2.03. The molecule has 0 amide bonds. The van der Waals surface area contributed by atoms with Crippen molar-refractivity contribution in [2.45, 2.75) is 58.2 Å². The van der Waals surface area contributed by atoms with Crippen LogP contribution in [-0.4, -0.2) is 35.6 Å². The van der Waals surface area contributed by atoms with Gasteiger partial charge in [-0.2, -0.15) is 5.10 Å². The molecule has 0 radical (unpaired) electrons. The number of rotatable bonds is 6. The van der Waals surface area contributed by atoms with E-state index < -0.39 is 0 Å². The van der Waals surface area contributed by atoms with E-state index in [4.69, 9.17) is 4.74 Å². The van der Waals surface area contributed by atoms with E-state index in [0.717, 1.165) is 36.2 Å². The highest BCUT2D eigenvalue weighted by Crippen LogP contribution is 2.24. The predicted molar refractivity (Wildman–Crippen MR) is 80.5 cm³/mol. The van der Waals surface area contributed by atoms with Gasteiger partial charge in [0.25, 0.3) is 0 Å². The first kappa shape index (κ1) is 15.0. The predicted octanol–water partition coefficient (Wildman–Crippen LogP) is 2.67. The number of aromatic nitrogens is 2. The lowest BCUT2D eigenvalue weighted by Gasteiger charge is -2.20. The molecule has 1 aliphatic heterocycles. The van der Waals surface area contributed by atoms with Crippen molar-refractivity contribution >= 4 is 15.9 Å². The molecule has 1 aromatic heterocycles. The third kappa shape index (κ3) is 3.58. The van der Waals surface area contributed by atoms with Gasteiger partial charge in [-0.3, -0.25) is 4.68 Å². The van der Waals surface area contributed by atoms with E-state index in [-0.39, 0.29) is 0 Å². The normalized spacial score (nSPS) is 20.9. The summed E-state index contributed by atoms with van der Waals surface area (Å²) >= 11 is 3.67. The Labute approximate surface area is 124 Å². The molecule has 1 aliphatic rings. The van der Waals surface area contributed by atoms with Crippen LogP contribution in [0, 0.1) is 6.92 Å². The van der Waals surface area contributed by atoms with E-state index in [2.05, 4.69) is 38.0 Å². The number of nitrogens with zero attached hydrogens (tertiary/aromatic N) is 2. The monoisotopic (exact) mass is 329 g/mol. The van der Waals surface area contributed by atoms with Crippen LogP contribution in [0.4, 0.5) is 0 Å². The highest BCUT2D eigenvalue weighted by atomic mass is 79.9. The standard InChI is InChI=1S/C14H24BrN3O/c1-4-18-13(14(15)10(2)17-18)9-11(16-3)8-12-6-5-7-19-12/h11-12,16H,4-9H2,1-3H3. The quantitative estimate of drug-likeness (QED) is 0.872. The van der Waals surface area contributed by atoms with Crippen LogP contribution >= 0.6 is 15.9 Å². The van der Waals surface area contributed by atoms with Crippen LogP contribution in [0.3, 0.4) is 0 Å². The van der Waals surface area contributed by atoms with Gasteiger partial charge in [0.1, 0.15) is 0 Å². The van der Waals surface area contributed by atoms with E-state index in [0.29, 0.717) is 12.1 Å². The van der Waals surface area contributed by atoms with Crippen LogP contribution in [-0.2, 0) is 17.7 Å². The van der Waals surface area contributed by atoms with Gasteiger partial charge in [0.05, 0.1) is 22.0 Å². The summed E-state index contributed by atoms with van der Waals surface area (Å²) in [6.07, 6.45) is 4.90. The third-order valence-electron chi connectivity index (χ3n) is 3.87. The Balaban J connectivity index is 2.04. The van der Waals surface area contributed by atoms with Crippen molar-refractivity contribution in [3.05, 3.63) is 15.9 Å². The zero-order valence-corrected chi connectivity index (χ0v) is 13.7. The molecule has 2 heterocycles. The van der Waals surface area contributed by atoms with Gasteiger partial charge in [-0.15, -0.1) is 0 Å². The molecule has 0 saturated carbocycles. The van der Waals surface area contributed by atoms with Crippen molar-refractivity contribution in [1.82, 2.24) is 15.1 Å². The Kier molecular flexibility index (Phi) is 5.42. The fourth-order valence-corrected chi connectivity index (χ4v) is 3.19. The second-order valence-corrected chi connectivity index (χ2v) is 6.02. The maximum atomic E-state index is 5.74. The Morgan fingerprint density at radius 2 is 2.37 bits per heavy atom. The summed E-state index contributed by atoms with van der Waals surface area (Å²) in [5, 5.41) is 7.98. The lowest BCUT2D eigenvalue weighted by molar-refractivity contribution is 0.0952. The fourth-order valence-electron chi connectivity index (χ4n) is 2.75. The van der Waals surface area contributed by atoms with Crippen molar-refractivity contribution in [2.24, 2.45) is 0 Å². The Morgan fingerprint density at radius 1 is 1.58 bits per heavy atom. The summed E-state index contributed by atoms with van der Waals surface area (Å²) < 4.78 is 8.99. The molecule has 2 atom stereocenters. The van der Waals surface area contributed by atoms with Gasteiger partial charge < -0.3 is 10.1 Å². The molecular weight excluding hydrogens is 306 g/mol. The second-order valence-electron chi connectivity index (χ2n) is 5.22. The van der Waals surface area contributed by atoms with Crippen LogP contribution in [0.25, 0.3) is 0 Å². The first-order valence-corrected chi connectivity index (χ1v) is 7.95. The zero-order valence-electron chi connectivity index (χ0n) is 12.1. The largest absolute Gasteiger partial charge is 0.378 e. The molecule has 5 heteroatoms. The van der Waals surface area contributed by atoms with Gasteiger partial charge in [0.15, 0.2) is 0 Å². The summed E-state index contributed by atoms with van der Waals surface area (Å²) in [6.45, 7) is 6.03. The second kappa shape index (κ2) is 6.86. The summed E-state index contributed by atoms with van der Waals surface area (Å²) in [4.78, 5) is 0. The summed E-state index contributed by atoms with van der Waals surface area (Å²) in [5.41, 5.74) is 2.36. The summed E-state index contributed by atoms with van der Waals surface area (Å²) in [6, 6.07) is 0.445. The first-order valence-electron chi connectivity index (χ1n) is 7.16. The molecule has 0 spiro atoms. The highest BCUT2D eigenvalue weighted by Gasteiger charge is 2.22. The zero-order chi connectivity index (χ0) is 13.8. The van der Waals surface area contributed by atoms with Gasteiger partial charge in [0.2, 0.25) is 0 Å². The van der Waals surface area contributed by atoms with Gasteiger partial charge >= 0.3 is 0 Å². The number of likely N-dealkylation sites (N-methyl/N-ethyl adjacent to an activating group) is 1. The Bertz CT molecular complexity index is 413. The topological polar surface area (TPSA) is 39.1 Å². The van der Waals surface area contributed by atoms with E-state index in [1.165, 1.54) is 18.5 Å². The van der Waals surface area contributed by atoms with Crippen LogP contribution in [0.2, 0.25) is 0 Å². The molecular formula is C14H24BrN3O. The van der Waals surface area contributed by atoms with Crippen LogP contribution < -0.4 is 5.32 Å². The molecule has 1 aromatic rings. The molecule has 1 fully saturated rings. The third-order valence-corrected chi connectivity index (χ3v) is 4.90. The van der Waals surface area contributed by atoms with Crippen molar-refractivity contribution in [3.63, 3.8) is 0 Å². The Morgan fingerprint density at radius 3 is 2.95 bits per heavy atom. The minimum Gasteiger partial charge on any atom is -0.378 e. The lowest BCUT2D eigenvalue weighted by Crippen LogP contribution is -2.32. The molecule has 19 heavy (non-hydrogen) atoms. The average molecular weight is 330 g/mol. The molecule has 2 rings (SSSR count). The van der Waals surface area contributed by atoms with Crippen molar-refractivity contribution < 1.29 is 4.74 Å². The Hall–Kier alpha value is -0.390. The molecule has 2 unspecified atom stereocenters. The number of hydrogen-bond acceptors (Lipinski definition) is 3. The lowest BCUT2D eigenvalue weighted by atomic mass is 10.0. The van der Waals surface area contributed by atoms with E-state index >= 15 is 0 Å². The van der Waals surface area contributed by atoms with E-state index in [1.807, 2.05) is 14.0 Å². The maximum Gasteiger partial charge on any atom is 0.0738 e. The summed E-state index contributed by atoms with van der Waals surface area (Å²) in [5.74, 6) is 0. The molecule has 0 aromatic carbocycles. The number of aryl methyl sites for hydroxylation is 2. The SMILES string of the molecule is CCn1nc(C)c(Br)c1CC(CC1CCCO1)NC. The maximum absolute atomic E-state index is 5.74. The average Bonchev–Trinajstić information content (AvgIpc) is 3.01. The van der Waals surface area contributed by atoms with Crippen LogP contribution in [0.1, 0.15) is 37.6 Å². The van der Waals surface area contributed by atoms with Crippen molar-refractivity contribution in [1.29, 1.82) is 0 Å². The van der Waals surface area contributed by atoms with Crippen molar-refractivity contribution in [3.8, 4) is 0 Å². The molecule has 108 valence electrons. The van der Waals surface area contributed by atoms with E-state index in [9.17, 15) is 0 Å². The number of nitrogens with one attached hydrogen (secondary N) is 1. The molecule has 0 bridgehead atoms.